The van der Waals surface area contributed by atoms with Gasteiger partial charge in [0.15, 0.2) is 0 Å². The molecule has 0 unspecified atom stereocenters. The fraction of sp³-hybridized carbons (Fsp3) is 0.259. The van der Waals surface area contributed by atoms with Crippen LogP contribution in [0.3, 0.4) is 0 Å². The molecule has 1 aliphatic carbocycles. The van der Waals surface area contributed by atoms with Crippen LogP contribution < -0.4 is 4.90 Å². The van der Waals surface area contributed by atoms with E-state index in [0.717, 1.165) is 37.1 Å². The van der Waals surface area contributed by atoms with Crippen LogP contribution in [0.25, 0.3) is 10.4 Å². The molecule has 0 N–H and O–H groups in total. The van der Waals surface area contributed by atoms with E-state index in [2.05, 4.69) is 9.74 Å². The van der Waals surface area contributed by atoms with Gasteiger partial charge in [-0.25, -0.2) is 18.5 Å². The lowest BCUT2D eigenvalue weighted by Crippen LogP contribution is -2.31. The first-order valence-electron chi connectivity index (χ1n) is 11.2. The first kappa shape index (κ1) is 22.5. The minimum atomic E-state index is -3.86. The number of hydrogen-bond donors (Lipinski definition) is 0. The van der Waals surface area contributed by atoms with Crippen molar-refractivity contribution >= 4 is 32.7 Å². The van der Waals surface area contributed by atoms with E-state index in [1.165, 1.54) is 18.1 Å². The third kappa shape index (κ3) is 3.14. The molecule has 5 nitrogen and oxygen atoms in total. The number of fused-ring (bicyclic) bond motifs is 3. The number of halogens is 1. The Bertz CT molecular complexity index is 1480. The SMILES string of the molecule is [C-]#[N+]\C(C#N)=C1/C(=C/C=C2/N(C)c3ccc(Cl)cc3C23CCCCC3)S(=O)(=O)c2ccccc21. The van der Waals surface area contributed by atoms with Crippen molar-refractivity contribution in [2.45, 2.75) is 42.4 Å². The summed E-state index contributed by atoms with van der Waals surface area (Å²) in [5.74, 6) is 0. The van der Waals surface area contributed by atoms with Crippen molar-refractivity contribution in [1.29, 1.82) is 5.26 Å². The Balaban J connectivity index is 1.74. The molecule has 0 atom stereocenters. The van der Waals surface area contributed by atoms with E-state index >= 15 is 0 Å². The number of sulfone groups is 1. The van der Waals surface area contributed by atoms with Crippen LogP contribution in [0.1, 0.15) is 43.2 Å². The zero-order valence-corrected chi connectivity index (χ0v) is 20.2. The molecule has 34 heavy (non-hydrogen) atoms. The summed E-state index contributed by atoms with van der Waals surface area (Å²) in [7, 11) is -1.87. The maximum Gasteiger partial charge on any atom is 0.270 e. The quantitative estimate of drug-likeness (QED) is 0.345. The molecule has 0 saturated heterocycles. The largest absolute Gasteiger partial charge is 0.347 e. The number of nitrogens with zero attached hydrogens (tertiary/aromatic N) is 3. The molecule has 0 aromatic heterocycles. The first-order chi connectivity index (χ1) is 16.3. The Morgan fingerprint density at radius 2 is 1.91 bits per heavy atom. The Kier molecular flexibility index (Phi) is 5.40. The fourth-order valence-electron chi connectivity index (χ4n) is 5.73. The monoisotopic (exact) mass is 487 g/mol. The van der Waals surface area contributed by atoms with Gasteiger partial charge in [0.25, 0.3) is 5.70 Å². The van der Waals surface area contributed by atoms with Gasteiger partial charge in [-0.3, -0.25) is 0 Å². The predicted molar refractivity (Wildman–Crippen MR) is 134 cm³/mol. The number of allylic oxidation sites excluding steroid dienone is 5. The number of benzene rings is 2. The van der Waals surface area contributed by atoms with Crippen molar-refractivity contribution in [3.05, 3.63) is 98.5 Å². The van der Waals surface area contributed by atoms with Gasteiger partial charge in [0.05, 0.1) is 22.4 Å². The van der Waals surface area contributed by atoms with E-state index in [-0.39, 0.29) is 26.5 Å². The molecular weight excluding hydrogens is 466 g/mol. The minimum Gasteiger partial charge on any atom is -0.347 e. The van der Waals surface area contributed by atoms with Gasteiger partial charge in [0.1, 0.15) is 0 Å². The average molecular weight is 488 g/mol. The molecule has 170 valence electrons. The summed E-state index contributed by atoms with van der Waals surface area (Å²) in [4.78, 5) is 5.59. The van der Waals surface area contributed by atoms with Gasteiger partial charge < -0.3 is 4.90 Å². The second-order valence-corrected chi connectivity index (χ2v) is 11.2. The minimum absolute atomic E-state index is 0.00194. The van der Waals surface area contributed by atoms with Crippen LogP contribution in [0.4, 0.5) is 5.69 Å². The molecule has 1 fully saturated rings. The summed E-state index contributed by atoms with van der Waals surface area (Å²) in [6, 6.07) is 14.4. The van der Waals surface area contributed by atoms with E-state index in [1.807, 2.05) is 37.4 Å². The molecule has 7 heteroatoms. The van der Waals surface area contributed by atoms with Gasteiger partial charge in [-0.05, 0) is 60.4 Å². The summed E-state index contributed by atoms with van der Waals surface area (Å²) in [6.07, 6.45) is 8.71. The second kappa shape index (κ2) is 8.17. The molecule has 0 bridgehead atoms. The molecular formula is C27H22ClN3O2S. The van der Waals surface area contributed by atoms with E-state index in [1.54, 1.807) is 24.3 Å². The second-order valence-electron chi connectivity index (χ2n) is 8.89. The number of hydrogen-bond acceptors (Lipinski definition) is 4. The number of nitriles is 1. The lowest BCUT2D eigenvalue weighted by molar-refractivity contribution is 0.347. The van der Waals surface area contributed by atoms with Gasteiger partial charge in [0, 0.05) is 34.4 Å². The van der Waals surface area contributed by atoms with E-state index < -0.39 is 9.84 Å². The van der Waals surface area contributed by atoms with Crippen LogP contribution >= 0.6 is 11.6 Å². The summed E-state index contributed by atoms with van der Waals surface area (Å²) in [5.41, 5.74) is 3.40. The Morgan fingerprint density at radius 3 is 2.62 bits per heavy atom. The van der Waals surface area contributed by atoms with Gasteiger partial charge in [0.2, 0.25) is 9.84 Å². The number of likely N-dealkylation sites (N-methyl/N-ethyl adjacent to an activating group) is 1. The molecule has 3 aliphatic rings. The van der Waals surface area contributed by atoms with Crippen LogP contribution in [-0.2, 0) is 15.3 Å². The fourth-order valence-corrected chi connectivity index (χ4v) is 7.58. The highest BCUT2D eigenvalue weighted by Crippen LogP contribution is 2.55. The van der Waals surface area contributed by atoms with E-state index in [4.69, 9.17) is 18.2 Å². The molecule has 1 saturated carbocycles. The summed E-state index contributed by atoms with van der Waals surface area (Å²) < 4.78 is 26.9. The van der Waals surface area contributed by atoms with Gasteiger partial charge in [-0.2, -0.15) is 0 Å². The highest BCUT2D eigenvalue weighted by atomic mass is 35.5. The average Bonchev–Trinajstić information content (AvgIpc) is 3.19. The highest BCUT2D eigenvalue weighted by Gasteiger charge is 2.46. The molecule has 2 heterocycles. The number of rotatable bonds is 1. The third-order valence-electron chi connectivity index (χ3n) is 7.22. The lowest BCUT2D eigenvalue weighted by Gasteiger charge is -2.36. The lowest BCUT2D eigenvalue weighted by atomic mass is 9.68. The van der Waals surface area contributed by atoms with E-state index in [0.29, 0.717) is 10.6 Å². The topological polar surface area (TPSA) is 65.5 Å². The van der Waals surface area contributed by atoms with Gasteiger partial charge in [-0.15, -0.1) is 0 Å². The van der Waals surface area contributed by atoms with Crippen molar-refractivity contribution in [1.82, 2.24) is 0 Å². The molecule has 1 spiro atoms. The van der Waals surface area contributed by atoms with Crippen molar-refractivity contribution in [2.24, 2.45) is 0 Å². The van der Waals surface area contributed by atoms with Crippen LogP contribution in [-0.4, -0.2) is 15.5 Å². The van der Waals surface area contributed by atoms with Crippen LogP contribution in [0, 0.1) is 17.9 Å². The molecule has 2 aliphatic heterocycles. The van der Waals surface area contributed by atoms with Crippen molar-refractivity contribution in [3.8, 4) is 6.07 Å². The molecule has 2 aromatic rings. The maximum atomic E-state index is 13.5. The highest BCUT2D eigenvalue weighted by molar-refractivity contribution is 7.96. The van der Waals surface area contributed by atoms with Crippen molar-refractivity contribution in [3.63, 3.8) is 0 Å². The Morgan fingerprint density at radius 1 is 1.18 bits per heavy atom. The van der Waals surface area contributed by atoms with Crippen LogP contribution in [0.5, 0.6) is 0 Å². The van der Waals surface area contributed by atoms with Crippen LogP contribution in [0.2, 0.25) is 5.02 Å². The first-order valence-corrected chi connectivity index (χ1v) is 13.0. The molecule has 5 rings (SSSR count). The van der Waals surface area contributed by atoms with Gasteiger partial charge in [-0.1, -0.05) is 49.1 Å². The zero-order chi connectivity index (χ0) is 24.1. The van der Waals surface area contributed by atoms with Crippen LogP contribution in [0.15, 0.2) is 75.8 Å². The van der Waals surface area contributed by atoms with Crippen molar-refractivity contribution in [2.75, 3.05) is 11.9 Å². The maximum absolute atomic E-state index is 13.5. The Labute approximate surface area is 205 Å². The predicted octanol–water partition coefficient (Wildman–Crippen LogP) is 6.40. The Hall–Kier alpha value is -3.32. The van der Waals surface area contributed by atoms with Crippen molar-refractivity contribution < 1.29 is 8.42 Å². The standard InChI is InChI=1S/C27H22ClN3O2S/c1-30-21(17-29)26-19-8-4-5-9-23(19)34(32,33)24(26)12-13-25-27(14-6-3-7-15-27)20-16-18(28)10-11-22(20)31(25)2/h4-5,8-13,16H,3,6-7,14-15H2,2H3/b24-12-,25-13+,26-21-. The summed E-state index contributed by atoms with van der Waals surface area (Å²) in [6.45, 7) is 7.47. The number of anilines is 1. The smallest absolute Gasteiger partial charge is 0.270 e. The molecule has 0 radical (unpaired) electrons. The molecule has 0 amide bonds. The third-order valence-corrected chi connectivity index (χ3v) is 9.31. The summed E-state index contributed by atoms with van der Waals surface area (Å²) >= 11 is 6.38. The van der Waals surface area contributed by atoms with Gasteiger partial charge >= 0.3 is 0 Å². The van der Waals surface area contributed by atoms with E-state index in [9.17, 15) is 13.7 Å². The normalized spacial score (nSPS) is 23.5. The summed E-state index contributed by atoms with van der Waals surface area (Å²) in [5, 5.41) is 10.3. The molecule has 2 aromatic carbocycles. The zero-order valence-electron chi connectivity index (χ0n) is 18.7.